The van der Waals surface area contributed by atoms with Crippen LogP contribution in [0, 0.1) is 6.92 Å². The van der Waals surface area contributed by atoms with Gasteiger partial charge in [0.1, 0.15) is 6.33 Å². The summed E-state index contributed by atoms with van der Waals surface area (Å²) in [5, 5.41) is 4.40. The van der Waals surface area contributed by atoms with E-state index in [9.17, 15) is 4.79 Å². The lowest BCUT2D eigenvalue weighted by Gasteiger charge is -2.37. The summed E-state index contributed by atoms with van der Waals surface area (Å²) >= 11 is 0. The van der Waals surface area contributed by atoms with Crippen LogP contribution in [0.3, 0.4) is 0 Å². The van der Waals surface area contributed by atoms with Gasteiger partial charge in [-0.1, -0.05) is 48.0 Å². The van der Waals surface area contributed by atoms with Gasteiger partial charge in [-0.05, 0) is 38.0 Å². The molecule has 5 heteroatoms. The molecule has 1 aromatic heterocycles. The fourth-order valence-electron chi connectivity index (χ4n) is 3.44. The van der Waals surface area contributed by atoms with Gasteiger partial charge in [-0.15, -0.1) is 0 Å². The summed E-state index contributed by atoms with van der Waals surface area (Å²) in [5.41, 5.74) is 2.99. The van der Waals surface area contributed by atoms with Crippen molar-refractivity contribution in [3.05, 3.63) is 77.6 Å². The molecule has 5 nitrogen and oxygen atoms in total. The molecular formula is C20H20N4O. The third kappa shape index (κ3) is 2.71. The number of fused-ring (bicyclic) bond motifs is 1. The Labute approximate surface area is 146 Å². The summed E-state index contributed by atoms with van der Waals surface area (Å²) in [5.74, 6) is 0.575. The van der Waals surface area contributed by atoms with Crippen molar-refractivity contribution in [1.82, 2.24) is 14.8 Å². The molecule has 0 spiro atoms. The maximum absolute atomic E-state index is 13.1. The van der Waals surface area contributed by atoms with Gasteiger partial charge in [-0.3, -0.25) is 9.69 Å². The number of hydrogen-bond acceptors (Lipinski definition) is 3. The predicted molar refractivity (Wildman–Crippen MR) is 96.7 cm³/mol. The van der Waals surface area contributed by atoms with E-state index in [2.05, 4.69) is 29.1 Å². The van der Waals surface area contributed by atoms with E-state index < -0.39 is 0 Å². The molecule has 0 bridgehead atoms. The lowest BCUT2D eigenvalue weighted by Crippen LogP contribution is -2.46. The second-order valence-corrected chi connectivity index (χ2v) is 6.56. The third-order valence-corrected chi connectivity index (χ3v) is 4.77. The smallest absolute Gasteiger partial charge is 0.260 e. The van der Waals surface area contributed by atoms with E-state index >= 15 is 0 Å². The van der Waals surface area contributed by atoms with Gasteiger partial charge in [0, 0.05) is 11.6 Å². The molecule has 25 heavy (non-hydrogen) atoms. The number of aryl methyl sites for hydroxylation is 1. The number of carbonyl (C=O) groups excluding carboxylic acids is 1. The minimum absolute atomic E-state index is 0.0340. The fraction of sp³-hybridized carbons (Fsp3) is 0.250. The minimum atomic E-state index is -0.0340. The van der Waals surface area contributed by atoms with E-state index in [1.54, 1.807) is 4.90 Å². The van der Waals surface area contributed by atoms with Gasteiger partial charge in [-0.25, -0.2) is 4.68 Å². The highest BCUT2D eigenvalue weighted by Gasteiger charge is 2.36. The summed E-state index contributed by atoms with van der Waals surface area (Å²) in [4.78, 5) is 19.2. The van der Waals surface area contributed by atoms with Crippen LogP contribution in [0.2, 0.25) is 0 Å². The van der Waals surface area contributed by atoms with Crippen molar-refractivity contribution in [2.24, 2.45) is 0 Å². The first-order valence-corrected chi connectivity index (χ1v) is 8.50. The highest BCUT2D eigenvalue weighted by Crippen LogP contribution is 2.35. The number of carbonyl (C=O) groups is 1. The topological polar surface area (TPSA) is 51.0 Å². The monoisotopic (exact) mass is 332 g/mol. The van der Waals surface area contributed by atoms with E-state index in [0.717, 1.165) is 12.0 Å². The molecule has 1 aliphatic heterocycles. The highest BCUT2D eigenvalue weighted by molar-refractivity contribution is 6.05. The molecule has 0 saturated carbocycles. The molecule has 0 aliphatic carbocycles. The number of nitrogens with zero attached hydrogens (tertiary/aromatic N) is 4. The average Bonchev–Trinajstić information content (AvgIpc) is 3.11. The average molecular weight is 332 g/mol. The van der Waals surface area contributed by atoms with E-state index in [1.807, 2.05) is 54.1 Å². The van der Waals surface area contributed by atoms with Crippen LogP contribution in [0.25, 0.3) is 0 Å². The maximum atomic E-state index is 13.1. The van der Waals surface area contributed by atoms with Crippen LogP contribution in [0.4, 0.5) is 5.95 Å². The summed E-state index contributed by atoms with van der Waals surface area (Å²) in [6.07, 6.45) is 2.33. The standard InChI is InChI=1S/C20H20N4O/c1-14-8-10-17(11-9-14)19(25)23-15(2)12-18(16-6-4-3-5-7-16)24-20(23)21-13-22-24/h3-11,13,15,18H,12H2,1-2H3/t15-,18+/m1/s1. The predicted octanol–water partition coefficient (Wildman–Crippen LogP) is 3.61. The summed E-state index contributed by atoms with van der Waals surface area (Å²) in [6, 6.07) is 18.0. The molecular weight excluding hydrogens is 312 g/mol. The van der Waals surface area contributed by atoms with Crippen LogP contribution >= 0.6 is 0 Å². The van der Waals surface area contributed by atoms with Gasteiger partial charge in [0.15, 0.2) is 0 Å². The van der Waals surface area contributed by atoms with Crippen molar-refractivity contribution in [1.29, 1.82) is 0 Å². The minimum Gasteiger partial charge on any atom is -0.274 e. The zero-order valence-electron chi connectivity index (χ0n) is 14.3. The largest absolute Gasteiger partial charge is 0.274 e. The Morgan fingerprint density at radius 2 is 1.80 bits per heavy atom. The van der Waals surface area contributed by atoms with Gasteiger partial charge < -0.3 is 0 Å². The molecule has 0 radical (unpaired) electrons. The van der Waals surface area contributed by atoms with Gasteiger partial charge in [0.05, 0.1) is 6.04 Å². The van der Waals surface area contributed by atoms with Crippen LogP contribution in [0.1, 0.15) is 40.9 Å². The molecule has 0 fully saturated rings. The molecule has 1 amide bonds. The molecule has 126 valence electrons. The summed E-state index contributed by atoms with van der Waals surface area (Å²) in [7, 11) is 0. The molecule has 2 aromatic carbocycles. The second-order valence-electron chi connectivity index (χ2n) is 6.56. The zero-order valence-corrected chi connectivity index (χ0v) is 14.3. The van der Waals surface area contributed by atoms with E-state index in [-0.39, 0.29) is 18.0 Å². The van der Waals surface area contributed by atoms with Crippen molar-refractivity contribution in [2.75, 3.05) is 4.90 Å². The summed E-state index contributed by atoms with van der Waals surface area (Å²) < 4.78 is 1.86. The Hall–Kier alpha value is -2.95. The van der Waals surface area contributed by atoms with E-state index in [0.29, 0.717) is 11.5 Å². The van der Waals surface area contributed by atoms with Crippen molar-refractivity contribution in [3.8, 4) is 0 Å². The number of aromatic nitrogens is 3. The zero-order chi connectivity index (χ0) is 17.4. The maximum Gasteiger partial charge on any atom is 0.260 e. The Bertz CT molecular complexity index is 886. The summed E-state index contributed by atoms with van der Waals surface area (Å²) in [6.45, 7) is 4.08. The van der Waals surface area contributed by atoms with Crippen molar-refractivity contribution in [2.45, 2.75) is 32.4 Å². The van der Waals surface area contributed by atoms with Gasteiger partial charge >= 0.3 is 0 Å². The van der Waals surface area contributed by atoms with Crippen LogP contribution in [0.5, 0.6) is 0 Å². The number of rotatable bonds is 2. The van der Waals surface area contributed by atoms with Crippen molar-refractivity contribution in [3.63, 3.8) is 0 Å². The molecule has 3 aromatic rings. The second kappa shape index (κ2) is 6.16. The Morgan fingerprint density at radius 1 is 1.08 bits per heavy atom. The molecule has 0 N–H and O–H groups in total. The Balaban J connectivity index is 1.73. The number of amides is 1. The number of benzene rings is 2. The van der Waals surface area contributed by atoms with Crippen molar-refractivity contribution >= 4 is 11.9 Å². The lowest BCUT2D eigenvalue weighted by molar-refractivity contribution is 0.0966. The first kappa shape index (κ1) is 15.6. The normalized spacial score (nSPS) is 19.5. The van der Waals surface area contributed by atoms with E-state index in [4.69, 9.17) is 0 Å². The first-order chi connectivity index (χ1) is 12.1. The van der Waals surface area contributed by atoms with Crippen LogP contribution in [-0.2, 0) is 0 Å². The lowest BCUT2D eigenvalue weighted by atomic mass is 9.97. The number of anilines is 1. The molecule has 2 atom stereocenters. The van der Waals surface area contributed by atoms with Gasteiger partial charge in [0.25, 0.3) is 5.91 Å². The Morgan fingerprint density at radius 3 is 2.52 bits per heavy atom. The Kier molecular flexibility index (Phi) is 3.84. The first-order valence-electron chi connectivity index (χ1n) is 8.50. The van der Waals surface area contributed by atoms with Gasteiger partial charge in [0.2, 0.25) is 5.95 Å². The van der Waals surface area contributed by atoms with E-state index in [1.165, 1.54) is 11.9 Å². The molecule has 0 unspecified atom stereocenters. The van der Waals surface area contributed by atoms with Gasteiger partial charge in [-0.2, -0.15) is 10.1 Å². The number of hydrogen-bond donors (Lipinski definition) is 0. The van der Waals surface area contributed by atoms with Crippen molar-refractivity contribution < 1.29 is 4.79 Å². The highest BCUT2D eigenvalue weighted by atomic mass is 16.2. The van der Waals surface area contributed by atoms with Crippen LogP contribution in [-0.4, -0.2) is 26.7 Å². The fourth-order valence-corrected chi connectivity index (χ4v) is 3.44. The van der Waals surface area contributed by atoms with Crippen LogP contribution in [0.15, 0.2) is 60.9 Å². The molecule has 4 rings (SSSR count). The molecule has 0 saturated heterocycles. The molecule has 1 aliphatic rings. The SMILES string of the molecule is Cc1ccc(C(=O)N2c3ncnn3[C@H](c3ccccc3)C[C@H]2C)cc1. The quantitative estimate of drug-likeness (QED) is 0.720. The third-order valence-electron chi connectivity index (χ3n) is 4.77. The molecule has 2 heterocycles. The van der Waals surface area contributed by atoms with Crippen LogP contribution < -0.4 is 4.90 Å².